The van der Waals surface area contributed by atoms with Crippen molar-refractivity contribution in [3.63, 3.8) is 0 Å². The van der Waals surface area contributed by atoms with E-state index in [1.165, 1.54) is 7.05 Å². The molecular formula is C31H32N6O4S. The molecule has 0 radical (unpaired) electrons. The van der Waals surface area contributed by atoms with Gasteiger partial charge in [0.25, 0.3) is 11.8 Å². The van der Waals surface area contributed by atoms with Crippen LogP contribution < -0.4 is 21.5 Å². The first-order chi connectivity index (χ1) is 20.2. The van der Waals surface area contributed by atoms with Crippen molar-refractivity contribution in [2.45, 2.75) is 25.8 Å². The summed E-state index contributed by atoms with van der Waals surface area (Å²) in [7, 11) is 3.31. The Balaban J connectivity index is 1.43. The lowest BCUT2D eigenvalue weighted by Gasteiger charge is -2.18. The van der Waals surface area contributed by atoms with Crippen molar-refractivity contribution in [2.75, 3.05) is 7.05 Å². The van der Waals surface area contributed by atoms with Crippen LogP contribution in [-0.2, 0) is 27.9 Å². The number of carbonyl (C=O) groups is 4. The van der Waals surface area contributed by atoms with E-state index in [1.54, 1.807) is 34.2 Å². The zero-order chi connectivity index (χ0) is 30.1. The van der Waals surface area contributed by atoms with Gasteiger partial charge in [-0.1, -0.05) is 24.3 Å². The molecule has 0 aliphatic rings. The molecule has 1 atom stereocenters. The van der Waals surface area contributed by atoms with E-state index in [0.29, 0.717) is 11.1 Å². The number of amides is 4. The number of rotatable bonds is 10. The molecule has 11 heteroatoms. The molecule has 2 aromatic heterocycles. The number of carbonyl (C=O) groups excluding carboxylic acids is 4. The van der Waals surface area contributed by atoms with Crippen molar-refractivity contribution in [3.8, 4) is 21.6 Å². The number of aryl methyl sites for hydroxylation is 2. The van der Waals surface area contributed by atoms with Crippen molar-refractivity contribution in [1.29, 1.82) is 0 Å². The van der Waals surface area contributed by atoms with E-state index in [9.17, 15) is 19.2 Å². The lowest BCUT2D eigenvalue weighted by atomic mass is 9.97. The summed E-state index contributed by atoms with van der Waals surface area (Å²) >= 11 is 1.65. The van der Waals surface area contributed by atoms with Gasteiger partial charge in [-0.25, -0.2) is 0 Å². The number of thiophene rings is 1. The Labute approximate surface area is 247 Å². The number of hydrazine groups is 1. The molecule has 0 saturated carbocycles. The monoisotopic (exact) mass is 584 g/mol. The van der Waals surface area contributed by atoms with E-state index in [-0.39, 0.29) is 24.8 Å². The highest BCUT2D eigenvalue weighted by molar-refractivity contribution is 7.13. The normalized spacial score (nSPS) is 11.6. The van der Waals surface area contributed by atoms with Crippen LogP contribution in [0.5, 0.6) is 0 Å². The first-order valence-corrected chi connectivity index (χ1v) is 14.2. The summed E-state index contributed by atoms with van der Waals surface area (Å²) in [6.07, 6.45) is 6.16. The third-order valence-corrected chi connectivity index (χ3v) is 7.41. The summed E-state index contributed by atoms with van der Waals surface area (Å²) in [6, 6.07) is 17.2. The van der Waals surface area contributed by atoms with Gasteiger partial charge in [-0.2, -0.15) is 5.10 Å². The lowest BCUT2D eigenvalue weighted by Crippen LogP contribution is -2.41. The zero-order valence-corrected chi connectivity index (χ0v) is 24.3. The van der Waals surface area contributed by atoms with Gasteiger partial charge in [-0.05, 0) is 71.3 Å². The fraction of sp³-hybridized carbons (Fsp3) is 0.194. The molecule has 0 aliphatic carbocycles. The van der Waals surface area contributed by atoms with Crippen molar-refractivity contribution in [3.05, 3.63) is 101 Å². The topological polar surface area (TPSA) is 134 Å². The maximum atomic E-state index is 13.4. The highest BCUT2D eigenvalue weighted by atomic mass is 32.1. The number of likely N-dealkylation sites (N-methyl/N-ethyl adjacent to an activating group) is 1. The second kappa shape index (κ2) is 14.0. The third-order valence-electron chi connectivity index (χ3n) is 6.49. The van der Waals surface area contributed by atoms with Gasteiger partial charge in [0.05, 0.1) is 12.2 Å². The highest BCUT2D eigenvalue weighted by Gasteiger charge is 2.17. The van der Waals surface area contributed by atoms with E-state index in [4.69, 9.17) is 0 Å². The molecule has 216 valence electrons. The predicted octanol–water partition coefficient (Wildman–Crippen LogP) is 3.69. The summed E-state index contributed by atoms with van der Waals surface area (Å²) in [5.74, 6) is -1.77. The first kappa shape index (κ1) is 29.9. The van der Waals surface area contributed by atoms with Crippen LogP contribution in [0.25, 0.3) is 21.6 Å². The number of aromatic nitrogens is 2. The molecule has 10 nitrogen and oxygen atoms in total. The van der Waals surface area contributed by atoms with Crippen LogP contribution in [0.2, 0.25) is 0 Å². The first-order valence-electron chi connectivity index (χ1n) is 13.3. The van der Waals surface area contributed by atoms with Crippen molar-refractivity contribution >= 4 is 35.0 Å². The maximum absolute atomic E-state index is 13.4. The van der Waals surface area contributed by atoms with E-state index >= 15 is 0 Å². The summed E-state index contributed by atoms with van der Waals surface area (Å²) < 4.78 is 1.76. The minimum atomic E-state index is -0.643. The Morgan fingerprint density at radius 3 is 2.43 bits per heavy atom. The number of hydrogen-bond donors (Lipinski definition) is 4. The molecular weight excluding hydrogens is 552 g/mol. The molecule has 1 unspecified atom stereocenters. The highest BCUT2D eigenvalue weighted by Crippen LogP contribution is 2.32. The van der Waals surface area contributed by atoms with E-state index < -0.39 is 17.7 Å². The Hall–Kier alpha value is -5.03. The van der Waals surface area contributed by atoms with Crippen LogP contribution in [-0.4, -0.2) is 40.5 Å². The van der Waals surface area contributed by atoms with Crippen molar-refractivity contribution < 1.29 is 19.2 Å². The van der Waals surface area contributed by atoms with Gasteiger partial charge in [-0.3, -0.25) is 34.7 Å². The minimum Gasteiger partial charge on any atom is -0.356 e. The van der Waals surface area contributed by atoms with Crippen molar-refractivity contribution in [2.24, 2.45) is 7.05 Å². The maximum Gasteiger partial charge on any atom is 0.262 e. The van der Waals surface area contributed by atoms with Crippen LogP contribution in [0.4, 0.5) is 0 Å². The number of benzene rings is 2. The summed E-state index contributed by atoms with van der Waals surface area (Å²) in [5.41, 5.74) is 9.70. The van der Waals surface area contributed by atoms with Gasteiger partial charge in [0, 0.05) is 54.9 Å². The molecule has 4 amide bonds. The SMILES string of the molecule is CNC(=O)/C=C/C(=O)NNC(=O)CCc1ccccc1C(=O)NC(C)c1cc(-c2cnn(C)c2)cc(-c2cccs2)c1. The average molecular weight is 585 g/mol. The molecule has 2 aromatic carbocycles. The minimum absolute atomic E-state index is 0.0383. The van der Waals surface area contributed by atoms with Gasteiger partial charge in [-0.15, -0.1) is 11.3 Å². The second-order valence-electron chi connectivity index (χ2n) is 9.56. The molecule has 4 rings (SSSR count). The number of hydrogen-bond acceptors (Lipinski definition) is 6. The van der Waals surface area contributed by atoms with Gasteiger partial charge >= 0.3 is 0 Å². The molecule has 42 heavy (non-hydrogen) atoms. The molecule has 0 bridgehead atoms. The van der Waals surface area contributed by atoms with Gasteiger partial charge < -0.3 is 10.6 Å². The van der Waals surface area contributed by atoms with Gasteiger partial charge in [0.1, 0.15) is 0 Å². The van der Waals surface area contributed by atoms with Crippen LogP contribution in [0.3, 0.4) is 0 Å². The average Bonchev–Trinajstić information content (AvgIpc) is 3.70. The van der Waals surface area contributed by atoms with E-state index in [0.717, 1.165) is 39.3 Å². The van der Waals surface area contributed by atoms with Gasteiger partial charge in [0.2, 0.25) is 11.8 Å². The second-order valence-corrected chi connectivity index (χ2v) is 10.5. The quantitative estimate of drug-likeness (QED) is 0.167. The predicted molar refractivity (Wildman–Crippen MR) is 162 cm³/mol. The smallest absolute Gasteiger partial charge is 0.262 e. The van der Waals surface area contributed by atoms with Crippen LogP contribution in [0, 0.1) is 0 Å². The molecule has 0 saturated heterocycles. The molecule has 0 spiro atoms. The molecule has 2 heterocycles. The van der Waals surface area contributed by atoms with Crippen LogP contribution in [0.1, 0.15) is 40.9 Å². The molecule has 0 aliphatic heterocycles. The van der Waals surface area contributed by atoms with Crippen LogP contribution in [0.15, 0.2) is 84.5 Å². The standard InChI is InChI=1S/C31H32N6O4S/c1-20(22-15-23(25-18-33-37(3)19-25)17-24(16-22)27-9-6-14-42-27)34-31(41)26-8-5-4-7-21(26)10-11-29(39)35-36-30(40)13-12-28(38)32-2/h4-9,12-20H,10-11H2,1-3H3,(H,32,38)(H,34,41)(H,35,39)(H,36,40)/b13-12+. The van der Waals surface area contributed by atoms with E-state index in [2.05, 4.69) is 50.8 Å². The molecule has 0 fully saturated rings. The van der Waals surface area contributed by atoms with Crippen molar-refractivity contribution in [1.82, 2.24) is 31.3 Å². The Kier molecular flexibility index (Phi) is 10.0. The molecule has 4 N–H and O–H groups in total. The Morgan fingerprint density at radius 1 is 0.952 bits per heavy atom. The summed E-state index contributed by atoms with van der Waals surface area (Å²) in [4.78, 5) is 49.8. The van der Waals surface area contributed by atoms with E-state index in [1.807, 2.05) is 43.9 Å². The zero-order valence-electron chi connectivity index (χ0n) is 23.5. The Morgan fingerprint density at radius 2 is 1.71 bits per heavy atom. The fourth-order valence-corrected chi connectivity index (χ4v) is 4.97. The van der Waals surface area contributed by atoms with Gasteiger partial charge in [0.15, 0.2) is 0 Å². The molecule has 4 aromatic rings. The largest absolute Gasteiger partial charge is 0.356 e. The fourth-order valence-electron chi connectivity index (χ4n) is 4.26. The number of nitrogens with one attached hydrogen (secondary N) is 4. The Bertz CT molecular complexity index is 1610. The number of nitrogens with zero attached hydrogens (tertiary/aromatic N) is 2. The van der Waals surface area contributed by atoms with Crippen LogP contribution >= 0.6 is 11.3 Å². The lowest BCUT2D eigenvalue weighted by molar-refractivity contribution is -0.126. The third kappa shape index (κ3) is 8.01. The summed E-state index contributed by atoms with van der Waals surface area (Å²) in [6.45, 7) is 1.94. The summed E-state index contributed by atoms with van der Waals surface area (Å²) in [5, 5.41) is 11.8.